The van der Waals surface area contributed by atoms with Gasteiger partial charge < -0.3 is 4.90 Å². The standard InChI is InChI=1S/C11H21NS/c1-10-8-12(6-7-13-10)9-11(2)4-3-5-11/h10H,3-9H2,1-2H3. The molecule has 0 N–H and O–H groups in total. The summed E-state index contributed by atoms with van der Waals surface area (Å²) >= 11 is 2.13. The SMILES string of the molecule is CC1CN(CC2(C)CCC2)CCS1. The number of hydrogen-bond acceptors (Lipinski definition) is 2. The molecule has 0 aromatic rings. The van der Waals surface area contributed by atoms with E-state index in [4.69, 9.17) is 0 Å². The van der Waals surface area contributed by atoms with Gasteiger partial charge in [0.25, 0.3) is 0 Å². The van der Waals surface area contributed by atoms with E-state index in [1.165, 1.54) is 44.6 Å². The lowest BCUT2D eigenvalue weighted by Crippen LogP contribution is -2.45. The van der Waals surface area contributed by atoms with Gasteiger partial charge >= 0.3 is 0 Å². The third kappa shape index (κ3) is 2.41. The Morgan fingerprint density at radius 1 is 1.46 bits per heavy atom. The van der Waals surface area contributed by atoms with E-state index in [1.54, 1.807) is 0 Å². The van der Waals surface area contributed by atoms with Gasteiger partial charge in [0.05, 0.1) is 0 Å². The normalized spacial score (nSPS) is 34.2. The Labute approximate surface area is 86.3 Å². The van der Waals surface area contributed by atoms with E-state index in [-0.39, 0.29) is 0 Å². The Morgan fingerprint density at radius 2 is 2.23 bits per heavy atom. The van der Waals surface area contributed by atoms with Gasteiger partial charge in [0.1, 0.15) is 0 Å². The predicted octanol–water partition coefficient (Wildman–Crippen LogP) is 2.61. The molecule has 0 spiro atoms. The summed E-state index contributed by atoms with van der Waals surface area (Å²) in [6.07, 6.45) is 4.39. The van der Waals surface area contributed by atoms with Crippen molar-refractivity contribution < 1.29 is 0 Å². The smallest absolute Gasteiger partial charge is 0.0147 e. The molecule has 1 saturated carbocycles. The summed E-state index contributed by atoms with van der Waals surface area (Å²) in [5.74, 6) is 1.34. The summed E-state index contributed by atoms with van der Waals surface area (Å²) in [5.41, 5.74) is 0.682. The molecule has 2 heteroatoms. The molecule has 1 heterocycles. The van der Waals surface area contributed by atoms with Crippen molar-refractivity contribution in [3.63, 3.8) is 0 Å². The van der Waals surface area contributed by atoms with Crippen molar-refractivity contribution in [2.24, 2.45) is 5.41 Å². The van der Waals surface area contributed by atoms with Crippen molar-refractivity contribution in [3.05, 3.63) is 0 Å². The molecule has 1 unspecified atom stereocenters. The summed E-state index contributed by atoms with van der Waals surface area (Å²) in [7, 11) is 0. The molecule has 0 aromatic heterocycles. The molecule has 1 saturated heterocycles. The van der Waals surface area contributed by atoms with Gasteiger partial charge in [-0.15, -0.1) is 0 Å². The molecule has 2 aliphatic rings. The van der Waals surface area contributed by atoms with Crippen LogP contribution in [0.5, 0.6) is 0 Å². The lowest BCUT2D eigenvalue weighted by molar-refractivity contribution is 0.0878. The number of thioether (sulfide) groups is 1. The van der Waals surface area contributed by atoms with Crippen molar-refractivity contribution in [2.45, 2.75) is 38.4 Å². The van der Waals surface area contributed by atoms with Crippen LogP contribution < -0.4 is 0 Å². The minimum atomic E-state index is 0.682. The lowest BCUT2D eigenvalue weighted by Gasteiger charge is -2.44. The van der Waals surface area contributed by atoms with Crippen LogP contribution in [-0.4, -0.2) is 35.5 Å². The highest BCUT2D eigenvalue weighted by atomic mass is 32.2. The fourth-order valence-corrected chi connectivity index (χ4v) is 3.59. The first-order valence-corrected chi connectivity index (χ1v) is 6.57. The molecular formula is C11H21NS. The average Bonchev–Trinajstić information content (AvgIpc) is 2.01. The zero-order valence-corrected chi connectivity index (χ0v) is 9.70. The van der Waals surface area contributed by atoms with Crippen LogP contribution in [0.1, 0.15) is 33.1 Å². The minimum absolute atomic E-state index is 0.682. The molecule has 0 bridgehead atoms. The third-order valence-corrected chi connectivity index (χ3v) is 4.63. The number of hydrogen-bond donors (Lipinski definition) is 0. The van der Waals surface area contributed by atoms with Crippen LogP contribution in [0.4, 0.5) is 0 Å². The van der Waals surface area contributed by atoms with Gasteiger partial charge in [-0.25, -0.2) is 0 Å². The molecular weight excluding hydrogens is 178 g/mol. The Kier molecular flexibility index (Phi) is 2.89. The van der Waals surface area contributed by atoms with Crippen LogP contribution in [-0.2, 0) is 0 Å². The van der Waals surface area contributed by atoms with E-state index < -0.39 is 0 Å². The first-order chi connectivity index (χ1) is 6.18. The fourth-order valence-electron chi connectivity index (χ4n) is 2.51. The van der Waals surface area contributed by atoms with Crippen molar-refractivity contribution in [3.8, 4) is 0 Å². The van der Waals surface area contributed by atoms with Crippen molar-refractivity contribution in [1.29, 1.82) is 0 Å². The second-order valence-corrected chi connectivity index (χ2v) is 6.63. The highest BCUT2D eigenvalue weighted by molar-refractivity contribution is 7.99. The van der Waals surface area contributed by atoms with Gasteiger partial charge in [-0.1, -0.05) is 20.3 Å². The molecule has 2 rings (SSSR count). The Hall–Kier alpha value is 0.310. The maximum absolute atomic E-state index is 2.68. The van der Waals surface area contributed by atoms with E-state index in [0.29, 0.717) is 5.41 Å². The molecule has 1 nitrogen and oxygen atoms in total. The minimum Gasteiger partial charge on any atom is -0.301 e. The van der Waals surface area contributed by atoms with E-state index in [2.05, 4.69) is 30.5 Å². The van der Waals surface area contributed by atoms with Gasteiger partial charge in [-0.2, -0.15) is 11.8 Å². The summed E-state index contributed by atoms with van der Waals surface area (Å²) < 4.78 is 0. The molecule has 2 fully saturated rings. The highest BCUT2D eigenvalue weighted by Crippen LogP contribution is 2.41. The molecule has 1 aliphatic heterocycles. The van der Waals surface area contributed by atoms with Crippen LogP contribution >= 0.6 is 11.8 Å². The maximum Gasteiger partial charge on any atom is 0.0147 e. The number of rotatable bonds is 2. The predicted molar refractivity (Wildman–Crippen MR) is 60.3 cm³/mol. The van der Waals surface area contributed by atoms with Crippen molar-refractivity contribution in [1.82, 2.24) is 4.90 Å². The van der Waals surface area contributed by atoms with E-state index in [9.17, 15) is 0 Å². The largest absolute Gasteiger partial charge is 0.301 e. The highest BCUT2D eigenvalue weighted by Gasteiger charge is 2.34. The Morgan fingerprint density at radius 3 is 2.77 bits per heavy atom. The van der Waals surface area contributed by atoms with Crippen LogP contribution in [0.2, 0.25) is 0 Å². The second-order valence-electron chi connectivity index (χ2n) is 5.08. The molecule has 0 radical (unpaired) electrons. The molecule has 0 amide bonds. The van der Waals surface area contributed by atoms with Gasteiger partial charge in [0.15, 0.2) is 0 Å². The van der Waals surface area contributed by atoms with E-state index in [1.807, 2.05) is 0 Å². The average molecular weight is 199 g/mol. The summed E-state index contributed by atoms with van der Waals surface area (Å²) in [5, 5.41) is 0.859. The monoisotopic (exact) mass is 199 g/mol. The van der Waals surface area contributed by atoms with Gasteiger partial charge in [-0.3, -0.25) is 0 Å². The second kappa shape index (κ2) is 3.82. The first-order valence-electron chi connectivity index (χ1n) is 5.52. The third-order valence-electron chi connectivity index (χ3n) is 3.49. The van der Waals surface area contributed by atoms with Gasteiger partial charge in [-0.05, 0) is 18.3 Å². The van der Waals surface area contributed by atoms with Crippen LogP contribution in [0.25, 0.3) is 0 Å². The molecule has 13 heavy (non-hydrogen) atoms. The topological polar surface area (TPSA) is 3.24 Å². The van der Waals surface area contributed by atoms with E-state index in [0.717, 1.165) is 5.25 Å². The summed E-state index contributed by atoms with van der Waals surface area (Å²) in [4.78, 5) is 2.68. The van der Waals surface area contributed by atoms with Gasteiger partial charge in [0, 0.05) is 30.6 Å². The Balaban J connectivity index is 1.80. The zero-order valence-electron chi connectivity index (χ0n) is 8.88. The summed E-state index contributed by atoms with van der Waals surface area (Å²) in [6, 6.07) is 0. The zero-order chi connectivity index (χ0) is 9.31. The first kappa shape index (κ1) is 9.85. The lowest BCUT2D eigenvalue weighted by atomic mass is 9.70. The molecule has 0 aromatic carbocycles. The van der Waals surface area contributed by atoms with Crippen LogP contribution in [0.15, 0.2) is 0 Å². The number of nitrogens with zero attached hydrogens (tertiary/aromatic N) is 1. The molecule has 76 valence electrons. The summed E-state index contributed by atoms with van der Waals surface area (Å²) in [6.45, 7) is 8.83. The van der Waals surface area contributed by atoms with Crippen molar-refractivity contribution in [2.75, 3.05) is 25.4 Å². The quantitative estimate of drug-likeness (QED) is 0.672. The van der Waals surface area contributed by atoms with E-state index >= 15 is 0 Å². The van der Waals surface area contributed by atoms with Crippen LogP contribution in [0.3, 0.4) is 0 Å². The van der Waals surface area contributed by atoms with Crippen molar-refractivity contribution >= 4 is 11.8 Å². The van der Waals surface area contributed by atoms with Crippen LogP contribution in [0, 0.1) is 5.41 Å². The molecule has 1 atom stereocenters. The van der Waals surface area contributed by atoms with Gasteiger partial charge in [0.2, 0.25) is 0 Å². The molecule has 1 aliphatic carbocycles. The maximum atomic E-state index is 2.68. The fraction of sp³-hybridized carbons (Fsp3) is 1.00. The Bertz CT molecular complexity index is 177.